The van der Waals surface area contributed by atoms with Crippen LogP contribution in [0, 0.1) is 5.82 Å². The zero-order valence-electron chi connectivity index (χ0n) is 11.8. The first kappa shape index (κ1) is 14.8. The van der Waals surface area contributed by atoms with E-state index in [0.29, 0.717) is 11.6 Å². The van der Waals surface area contributed by atoms with Crippen molar-refractivity contribution in [2.45, 2.75) is 50.2 Å². The normalized spacial score (nSPS) is 23.6. The van der Waals surface area contributed by atoms with Crippen molar-refractivity contribution in [1.29, 1.82) is 0 Å². The largest absolute Gasteiger partial charge is 0.373 e. The number of halogens is 2. The van der Waals surface area contributed by atoms with E-state index in [1.54, 1.807) is 6.07 Å². The third-order valence-corrected chi connectivity index (χ3v) is 4.84. The summed E-state index contributed by atoms with van der Waals surface area (Å²) in [6, 6.07) is 4.48. The van der Waals surface area contributed by atoms with Gasteiger partial charge in [0.05, 0.1) is 24.7 Å². The van der Waals surface area contributed by atoms with E-state index in [4.69, 9.17) is 16.3 Å². The van der Waals surface area contributed by atoms with E-state index in [1.165, 1.54) is 25.0 Å². The molecule has 1 spiro atoms. The Morgan fingerprint density at radius 3 is 2.90 bits per heavy atom. The second kappa shape index (κ2) is 5.93. The Kier molecular flexibility index (Phi) is 4.18. The SMILES string of the molecule is O=C(Cc1c(F)cccc1Cl)NC1COC2(CCCC2)C1. The predicted octanol–water partition coefficient (Wildman–Crippen LogP) is 3.24. The van der Waals surface area contributed by atoms with Gasteiger partial charge in [-0.05, 0) is 31.4 Å². The molecule has 1 atom stereocenters. The zero-order valence-corrected chi connectivity index (χ0v) is 12.6. The summed E-state index contributed by atoms with van der Waals surface area (Å²) in [5.74, 6) is -0.641. The van der Waals surface area contributed by atoms with Gasteiger partial charge in [0.1, 0.15) is 5.82 Å². The molecule has 1 aliphatic carbocycles. The molecule has 114 valence electrons. The molecule has 3 rings (SSSR count). The van der Waals surface area contributed by atoms with Crippen LogP contribution in [0.3, 0.4) is 0 Å². The van der Waals surface area contributed by atoms with E-state index < -0.39 is 5.82 Å². The fraction of sp³-hybridized carbons (Fsp3) is 0.562. The molecule has 0 aromatic heterocycles. The molecule has 0 bridgehead atoms. The molecular formula is C16H19ClFNO2. The van der Waals surface area contributed by atoms with Crippen molar-refractivity contribution in [1.82, 2.24) is 5.32 Å². The van der Waals surface area contributed by atoms with Gasteiger partial charge in [-0.15, -0.1) is 0 Å². The lowest BCUT2D eigenvalue weighted by atomic mass is 9.96. The van der Waals surface area contributed by atoms with Crippen LogP contribution in [-0.2, 0) is 16.0 Å². The summed E-state index contributed by atoms with van der Waals surface area (Å²) in [7, 11) is 0. The Morgan fingerprint density at radius 2 is 2.19 bits per heavy atom. The van der Waals surface area contributed by atoms with E-state index in [9.17, 15) is 9.18 Å². The van der Waals surface area contributed by atoms with Gasteiger partial charge in [-0.25, -0.2) is 4.39 Å². The molecule has 1 saturated heterocycles. The minimum absolute atomic E-state index is 0.0202. The van der Waals surface area contributed by atoms with Gasteiger partial charge >= 0.3 is 0 Å². The zero-order chi connectivity index (χ0) is 14.9. The number of rotatable bonds is 3. The molecule has 1 unspecified atom stereocenters. The quantitative estimate of drug-likeness (QED) is 0.930. The van der Waals surface area contributed by atoms with Gasteiger partial charge in [-0.3, -0.25) is 4.79 Å². The Labute approximate surface area is 128 Å². The summed E-state index contributed by atoms with van der Waals surface area (Å²) in [6.45, 7) is 0.552. The first-order valence-electron chi connectivity index (χ1n) is 7.44. The Hall–Kier alpha value is -1.13. The average molecular weight is 312 g/mol. The Balaban J connectivity index is 1.58. The van der Waals surface area contributed by atoms with Gasteiger partial charge in [0.15, 0.2) is 0 Å². The van der Waals surface area contributed by atoms with E-state index in [-0.39, 0.29) is 29.5 Å². The maximum Gasteiger partial charge on any atom is 0.224 e. The minimum atomic E-state index is -0.437. The van der Waals surface area contributed by atoms with Crippen LogP contribution in [-0.4, -0.2) is 24.2 Å². The van der Waals surface area contributed by atoms with E-state index >= 15 is 0 Å². The lowest BCUT2D eigenvalue weighted by Gasteiger charge is -2.21. The van der Waals surface area contributed by atoms with Crippen LogP contribution in [0.25, 0.3) is 0 Å². The van der Waals surface area contributed by atoms with Crippen molar-refractivity contribution < 1.29 is 13.9 Å². The maximum absolute atomic E-state index is 13.7. The highest BCUT2D eigenvalue weighted by atomic mass is 35.5. The minimum Gasteiger partial charge on any atom is -0.373 e. The number of hydrogen-bond donors (Lipinski definition) is 1. The van der Waals surface area contributed by atoms with Crippen molar-refractivity contribution in [2.75, 3.05) is 6.61 Å². The van der Waals surface area contributed by atoms with Crippen LogP contribution >= 0.6 is 11.6 Å². The number of hydrogen-bond acceptors (Lipinski definition) is 2. The molecule has 1 aromatic rings. The topological polar surface area (TPSA) is 38.3 Å². The van der Waals surface area contributed by atoms with Gasteiger partial charge in [0, 0.05) is 10.6 Å². The van der Waals surface area contributed by atoms with Crippen molar-refractivity contribution in [3.8, 4) is 0 Å². The summed E-state index contributed by atoms with van der Waals surface area (Å²) in [5.41, 5.74) is 0.235. The summed E-state index contributed by atoms with van der Waals surface area (Å²) >= 11 is 5.94. The number of amides is 1. The molecule has 0 radical (unpaired) electrons. The summed E-state index contributed by atoms with van der Waals surface area (Å²) < 4.78 is 19.6. The average Bonchev–Trinajstić information content (AvgIpc) is 3.05. The molecule has 5 heteroatoms. The second-order valence-electron chi connectivity index (χ2n) is 6.05. The first-order chi connectivity index (χ1) is 10.1. The van der Waals surface area contributed by atoms with Crippen LogP contribution < -0.4 is 5.32 Å². The van der Waals surface area contributed by atoms with Crippen LogP contribution in [0.4, 0.5) is 4.39 Å². The van der Waals surface area contributed by atoms with E-state index in [0.717, 1.165) is 19.3 Å². The fourth-order valence-corrected chi connectivity index (χ4v) is 3.68. The molecule has 1 heterocycles. The van der Waals surface area contributed by atoms with Crippen molar-refractivity contribution in [2.24, 2.45) is 0 Å². The van der Waals surface area contributed by atoms with Gasteiger partial charge in [0.2, 0.25) is 5.91 Å². The lowest BCUT2D eigenvalue weighted by Crippen LogP contribution is -2.37. The third-order valence-electron chi connectivity index (χ3n) is 4.49. The molecule has 2 fully saturated rings. The number of benzene rings is 1. The van der Waals surface area contributed by atoms with Gasteiger partial charge < -0.3 is 10.1 Å². The van der Waals surface area contributed by atoms with Crippen molar-refractivity contribution in [3.63, 3.8) is 0 Å². The highest BCUT2D eigenvalue weighted by Gasteiger charge is 2.42. The van der Waals surface area contributed by atoms with Gasteiger partial charge in [-0.1, -0.05) is 30.5 Å². The monoisotopic (exact) mass is 311 g/mol. The number of carbonyl (C=O) groups excluding carboxylic acids is 1. The van der Waals surface area contributed by atoms with Crippen molar-refractivity contribution >= 4 is 17.5 Å². The molecule has 21 heavy (non-hydrogen) atoms. The number of ether oxygens (including phenoxy) is 1. The number of nitrogens with one attached hydrogen (secondary N) is 1. The second-order valence-corrected chi connectivity index (χ2v) is 6.45. The molecule has 1 saturated carbocycles. The maximum atomic E-state index is 13.7. The molecule has 2 aliphatic rings. The van der Waals surface area contributed by atoms with Crippen LogP contribution in [0.1, 0.15) is 37.7 Å². The standard InChI is InChI=1S/C16H19ClFNO2/c17-13-4-3-5-14(18)12(13)8-15(20)19-11-9-16(21-10-11)6-1-2-7-16/h3-5,11H,1-2,6-10H2,(H,19,20). The predicted molar refractivity (Wildman–Crippen MR) is 78.8 cm³/mol. The summed E-state index contributed by atoms with van der Waals surface area (Å²) in [6.07, 6.45) is 5.40. The molecule has 1 aliphatic heterocycles. The third kappa shape index (κ3) is 3.22. The van der Waals surface area contributed by atoms with Crippen LogP contribution in [0.15, 0.2) is 18.2 Å². The van der Waals surface area contributed by atoms with Crippen LogP contribution in [0.5, 0.6) is 0 Å². The summed E-state index contributed by atoms with van der Waals surface area (Å²) in [4.78, 5) is 12.1. The van der Waals surface area contributed by atoms with Crippen molar-refractivity contribution in [3.05, 3.63) is 34.6 Å². The highest BCUT2D eigenvalue weighted by molar-refractivity contribution is 6.31. The van der Waals surface area contributed by atoms with Gasteiger partial charge in [0.25, 0.3) is 0 Å². The fourth-order valence-electron chi connectivity index (χ4n) is 3.45. The highest BCUT2D eigenvalue weighted by Crippen LogP contribution is 2.40. The summed E-state index contributed by atoms with van der Waals surface area (Å²) in [5, 5.41) is 3.24. The Bertz CT molecular complexity index is 523. The Morgan fingerprint density at radius 1 is 1.43 bits per heavy atom. The van der Waals surface area contributed by atoms with Gasteiger partial charge in [-0.2, -0.15) is 0 Å². The molecule has 1 N–H and O–H groups in total. The molecular weight excluding hydrogens is 293 g/mol. The van der Waals surface area contributed by atoms with Crippen LogP contribution in [0.2, 0.25) is 5.02 Å². The molecule has 1 aromatic carbocycles. The molecule has 3 nitrogen and oxygen atoms in total. The lowest BCUT2D eigenvalue weighted by molar-refractivity contribution is -0.121. The molecule has 1 amide bonds. The van der Waals surface area contributed by atoms with E-state index in [1.807, 2.05) is 0 Å². The smallest absolute Gasteiger partial charge is 0.224 e. The first-order valence-corrected chi connectivity index (χ1v) is 7.82. The van der Waals surface area contributed by atoms with E-state index in [2.05, 4.69) is 5.32 Å². The number of carbonyl (C=O) groups is 1.